The van der Waals surface area contributed by atoms with Crippen LogP contribution in [0.1, 0.15) is 16.1 Å². The van der Waals surface area contributed by atoms with Crippen LogP contribution in [0.25, 0.3) is 22.2 Å². The molecule has 3 N–H and O–H groups in total. The van der Waals surface area contributed by atoms with Crippen LogP contribution >= 0.6 is 0 Å². The molecule has 0 bridgehead atoms. The molecule has 2 aromatic carbocycles. The van der Waals surface area contributed by atoms with E-state index in [0.717, 1.165) is 11.1 Å². The van der Waals surface area contributed by atoms with Gasteiger partial charge in [0.15, 0.2) is 0 Å². The topological polar surface area (TPSA) is 110 Å². The lowest BCUT2D eigenvalue weighted by Crippen LogP contribution is -2.13. The molecule has 0 radical (unpaired) electrons. The summed E-state index contributed by atoms with van der Waals surface area (Å²) in [7, 11) is 1.56. The zero-order valence-corrected chi connectivity index (χ0v) is 17.5. The molecule has 8 nitrogen and oxygen atoms in total. The van der Waals surface area contributed by atoms with Crippen molar-refractivity contribution in [1.29, 1.82) is 0 Å². The van der Waals surface area contributed by atoms with Crippen molar-refractivity contribution in [3.8, 4) is 22.8 Å². The molecule has 0 saturated carbocycles. The van der Waals surface area contributed by atoms with E-state index in [4.69, 9.17) is 9.84 Å². The van der Waals surface area contributed by atoms with E-state index >= 15 is 0 Å². The number of anilines is 1. The molecule has 0 fully saturated rings. The van der Waals surface area contributed by atoms with Crippen LogP contribution in [-0.2, 0) is 6.54 Å². The predicted molar refractivity (Wildman–Crippen MR) is 118 cm³/mol. The smallest absolute Gasteiger partial charge is 0.339 e. The van der Waals surface area contributed by atoms with Crippen molar-refractivity contribution in [2.75, 3.05) is 19.0 Å². The van der Waals surface area contributed by atoms with Gasteiger partial charge in [0.05, 0.1) is 18.3 Å². The van der Waals surface area contributed by atoms with E-state index < -0.39 is 5.97 Å². The van der Waals surface area contributed by atoms with Crippen molar-refractivity contribution in [3.05, 3.63) is 65.9 Å². The lowest BCUT2D eigenvalue weighted by atomic mass is 10.1. The minimum atomic E-state index is -1.21. The Labute approximate surface area is 182 Å². The van der Waals surface area contributed by atoms with E-state index in [1.165, 1.54) is 24.5 Å². The maximum absolute atomic E-state index is 14.5. The fraction of sp³-hybridized carbons (Fsp3) is 0.174. The average molecular weight is 436 g/mol. The van der Waals surface area contributed by atoms with Crippen LogP contribution in [0.3, 0.4) is 0 Å². The van der Waals surface area contributed by atoms with Gasteiger partial charge in [-0.05, 0) is 37.3 Å². The minimum Gasteiger partial charge on any atom is -0.507 e. The number of nitrogens with zero attached hydrogens (tertiary/aromatic N) is 3. The number of carboxylic acids is 1. The number of hydrogen-bond acceptors (Lipinski definition) is 6. The third-order valence-corrected chi connectivity index (χ3v) is 5.23. The van der Waals surface area contributed by atoms with Crippen LogP contribution in [0, 0.1) is 12.7 Å². The van der Waals surface area contributed by atoms with Gasteiger partial charge >= 0.3 is 5.97 Å². The summed E-state index contributed by atoms with van der Waals surface area (Å²) in [5, 5.41) is 22.9. The molecule has 0 aliphatic carbocycles. The molecule has 0 spiro atoms. The van der Waals surface area contributed by atoms with Crippen molar-refractivity contribution in [1.82, 2.24) is 14.5 Å². The monoisotopic (exact) mass is 436 g/mol. The highest BCUT2D eigenvalue weighted by Crippen LogP contribution is 2.31. The van der Waals surface area contributed by atoms with Gasteiger partial charge in [-0.25, -0.2) is 19.2 Å². The first-order valence-electron chi connectivity index (χ1n) is 9.84. The van der Waals surface area contributed by atoms with Gasteiger partial charge in [-0.1, -0.05) is 6.07 Å². The Hall–Kier alpha value is -4.14. The minimum absolute atomic E-state index is 0.181. The molecule has 0 amide bonds. The number of benzene rings is 2. The molecule has 0 aliphatic heterocycles. The molecule has 4 rings (SSSR count). The summed E-state index contributed by atoms with van der Waals surface area (Å²) in [6.07, 6.45) is 1.38. The first-order valence-corrected chi connectivity index (χ1v) is 9.84. The van der Waals surface area contributed by atoms with Crippen molar-refractivity contribution in [2.45, 2.75) is 13.5 Å². The third-order valence-electron chi connectivity index (χ3n) is 5.23. The zero-order chi connectivity index (χ0) is 22.8. The van der Waals surface area contributed by atoms with Gasteiger partial charge in [-0.2, -0.15) is 0 Å². The normalized spacial score (nSPS) is 11.0. The number of aromatic nitrogens is 3. The molecule has 2 heterocycles. The average Bonchev–Trinajstić information content (AvgIpc) is 3.11. The lowest BCUT2D eigenvalue weighted by molar-refractivity contribution is 0.0693. The Bertz CT molecular complexity index is 1320. The number of methoxy groups -OCH3 is 1. The van der Waals surface area contributed by atoms with Crippen LogP contribution in [0.4, 0.5) is 10.2 Å². The molecule has 0 atom stereocenters. The summed E-state index contributed by atoms with van der Waals surface area (Å²) in [5.74, 6) is -0.697. The molecule has 2 aromatic heterocycles. The summed E-state index contributed by atoms with van der Waals surface area (Å²) >= 11 is 0. The number of carboxylic acid groups (broad SMARTS) is 1. The van der Waals surface area contributed by atoms with E-state index in [1.54, 1.807) is 25.3 Å². The van der Waals surface area contributed by atoms with Crippen molar-refractivity contribution >= 4 is 22.7 Å². The number of phenols is 1. The van der Waals surface area contributed by atoms with Crippen LogP contribution in [0.15, 0.2) is 48.8 Å². The standard InChI is InChI=1S/C23H21FN4O4/c1-13-9-16-20(32-2)6-5-17(24)22(16)28(13)8-7-25-21-11-18(26-12-27-21)14-3-4-15(23(30)31)19(29)10-14/h3-6,9-12,29H,7-8H2,1-2H3,(H,30,31)(H,25,26,27). The van der Waals surface area contributed by atoms with E-state index in [0.29, 0.717) is 41.4 Å². The highest BCUT2D eigenvalue weighted by Gasteiger charge is 2.15. The van der Waals surface area contributed by atoms with Crippen LogP contribution in [-0.4, -0.2) is 44.4 Å². The van der Waals surface area contributed by atoms with Crippen molar-refractivity contribution in [2.24, 2.45) is 0 Å². The van der Waals surface area contributed by atoms with Gasteiger partial charge in [-0.3, -0.25) is 0 Å². The predicted octanol–water partition coefficient (Wildman–Crippen LogP) is 4.07. The quantitative estimate of drug-likeness (QED) is 0.401. The Morgan fingerprint density at radius 1 is 1.19 bits per heavy atom. The Morgan fingerprint density at radius 2 is 2.00 bits per heavy atom. The Balaban J connectivity index is 1.52. The fourth-order valence-electron chi connectivity index (χ4n) is 3.69. The van der Waals surface area contributed by atoms with E-state index in [9.17, 15) is 14.3 Å². The maximum Gasteiger partial charge on any atom is 0.339 e. The number of fused-ring (bicyclic) bond motifs is 1. The maximum atomic E-state index is 14.5. The molecule has 0 aliphatic rings. The Kier molecular flexibility index (Phi) is 5.63. The number of aryl methyl sites for hydroxylation is 1. The van der Waals surface area contributed by atoms with E-state index in [-0.39, 0.29) is 17.1 Å². The molecule has 32 heavy (non-hydrogen) atoms. The second-order valence-corrected chi connectivity index (χ2v) is 7.20. The zero-order valence-electron chi connectivity index (χ0n) is 17.5. The van der Waals surface area contributed by atoms with Gasteiger partial charge < -0.3 is 24.8 Å². The first-order chi connectivity index (χ1) is 15.4. The number of aromatic carboxylic acids is 1. The largest absolute Gasteiger partial charge is 0.507 e. The van der Waals surface area contributed by atoms with Gasteiger partial charge in [0, 0.05) is 35.8 Å². The molecule has 0 unspecified atom stereocenters. The van der Waals surface area contributed by atoms with E-state index in [2.05, 4.69) is 15.3 Å². The molecular formula is C23H21FN4O4. The number of hydrogen-bond donors (Lipinski definition) is 3. The fourth-order valence-corrected chi connectivity index (χ4v) is 3.69. The number of carbonyl (C=O) groups is 1. The summed E-state index contributed by atoms with van der Waals surface area (Å²) in [5.41, 5.74) is 2.29. The Morgan fingerprint density at radius 3 is 2.72 bits per heavy atom. The van der Waals surface area contributed by atoms with Crippen molar-refractivity contribution < 1.29 is 24.1 Å². The SMILES string of the molecule is COc1ccc(F)c2c1cc(C)n2CCNc1cc(-c2ccc(C(=O)O)c(O)c2)ncn1. The lowest BCUT2D eigenvalue weighted by Gasteiger charge is -2.12. The molecule has 9 heteroatoms. The summed E-state index contributed by atoms with van der Waals surface area (Å²) in [6, 6.07) is 10.8. The van der Waals surface area contributed by atoms with Crippen molar-refractivity contribution in [3.63, 3.8) is 0 Å². The second-order valence-electron chi connectivity index (χ2n) is 7.20. The summed E-state index contributed by atoms with van der Waals surface area (Å²) in [4.78, 5) is 19.5. The summed E-state index contributed by atoms with van der Waals surface area (Å²) < 4.78 is 21.7. The van der Waals surface area contributed by atoms with Crippen LogP contribution in [0.5, 0.6) is 11.5 Å². The van der Waals surface area contributed by atoms with E-state index in [1.807, 2.05) is 17.6 Å². The second kappa shape index (κ2) is 8.54. The van der Waals surface area contributed by atoms with Gasteiger partial charge in [0.2, 0.25) is 0 Å². The molecule has 0 saturated heterocycles. The first kappa shape index (κ1) is 21.1. The molecule has 164 valence electrons. The van der Waals surface area contributed by atoms with Gasteiger partial charge in [0.25, 0.3) is 0 Å². The van der Waals surface area contributed by atoms with Gasteiger partial charge in [0.1, 0.15) is 35.0 Å². The third kappa shape index (κ3) is 3.92. The number of halogens is 1. The number of nitrogens with one attached hydrogen (secondary N) is 1. The number of aromatic hydroxyl groups is 1. The van der Waals surface area contributed by atoms with Crippen LogP contribution < -0.4 is 10.1 Å². The number of ether oxygens (including phenoxy) is 1. The molecule has 4 aromatic rings. The molecular weight excluding hydrogens is 415 g/mol. The highest BCUT2D eigenvalue weighted by molar-refractivity contribution is 5.91. The highest BCUT2D eigenvalue weighted by atomic mass is 19.1. The number of rotatable bonds is 7. The summed E-state index contributed by atoms with van der Waals surface area (Å²) in [6.45, 7) is 2.88. The van der Waals surface area contributed by atoms with Gasteiger partial charge in [-0.15, -0.1) is 0 Å². The van der Waals surface area contributed by atoms with Crippen LogP contribution in [0.2, 0.25) is 0 Å².